The molecule has 4 nitrogen and oxygen atoms in total. The van der Waals surface area contributed by atoms with Crippen molar-refractivity contribution in [2.24, 2.45) is 0 Å². The quantitative estimate of drug-likeness (QED) is 0.768. The second-order valence-electron chi connectivity index (χ2n) is 4.13. The molecule has 0 aromatic carbocycles. The van der Waals surface area contributed by atoms with Gasteiger partial charge in [-0.15, -0.1) is 0 Å². The second kappa shape index (κ2) is 4.77. The van der Waals surface area contributed by atoms with Crippen LogP contribution >= 0.6 is 0 Å². The summed E-state index contributed by atoms with van der Waals surface area (Å²) in [5.74, 6) is 1.12. The van der Waals surface area contributed by atoms with Crippen molar-refractivity contribution in [1.29, 1.82) is 0 Å². The van der Waals surface area contributed by atoms with E-state index >= 15 is 0 Å². The standard InChI is InChI=1S/C11H20N4/c1-3-10-9(2)13-11(14-10)8-15-6-4-12-5-7-15/h12H,3-8H2,1-2H3,(H,13,14). The van der Waals surface area contributed by atoms with E-state index in [1.165, 1.54) is 11.4 Å². The summed E-state index contributed by atoms with van der Waals surface area (Å²) < 4.78 is 0. The SMILES string of the molecule is CCc1nc(CN2CCNCC2)[nH]c1C. The van der Waals surface area contributed by atoms with Crippen molar-refractivity contribution in [2.75, 3.05) is 26.2 Å². The lowest BCUT2D eigenvalue weighted by Gasteiger charge is -2.26. The Labute approximate surface area is 91.1 Å². The van der Waals surface area contributed by atoms with Gasteiger partial charge in [0.2, 0.25) is 0 Å². The van der Waals surface area contributed by atoms with Crippen LogP contribution in [0.15, 0.2) is 0 Å². The molecule has 1 aromatic heterocycles. The molecule has 0 atom stereocenters. The molecule has 0 radical (unpaired) electrons. The molecule has 1 saturated heterocycles. The summed E-state index contributed by atoms with van der Waals surface area (Å²) in [6.45, 7) is 9.66. The number of H-pyrrole nitrogens is 1. The summed E-state index contributed by atoms with van der Waals surface area (Å²) in [5.41, 5.74) is 2.43. The number of hydrogen-bond acceptors (Lipinski definition) is 3. The minimum Gasteiger partial charge on any atom is -0.345 e. The summed E-state index contributed by atoms with van der Waals surface area (Å²) >= 11 is 0. The first-order valence-electron chi connectivity index (χ1n) is 5.77. The number of aryl methyl sites for hydroxylation is 2. The van der Waals surface area contributed by atoms with Gasteiger partial charge in [-0.1, -0.05) is 6.92 Å². The molecular weight excluding hydrogens is 188 g/mol. The van der Waals surface area contributed by atoms with Crippen LogP contribution in [0.3, 0.4) is 0 Å². The second-order valence-corrected chi connectivity index (χ2v) is 4.13. The van der Waals surface area contributed by atoms with Crippen LogP contribution in [-0.2, 0) is 13.0 Å². The Balaban J connectivity index is 1.97. The summed E-state index contributed by atoms with van der Waals surface area (Å²) in [5, 5.41) is 3.36. The predicted molar refractivity (Wildman–Crippen MR) is 60.8 cm³/mol. The normalized spacial score (nSPS) is 18.3. The molecule has 0 saturated carbocycles. The molecule has 0 unspecified atom stereocenters. The van der Waals surface area contributed by atoms with E-state index in [1.807, 2.05) is 0 Å². The maximum Gasteiger partial charge on any atom is 0.120 e. The molecule has 2 rings (SSSR count). The highest BCUT2D eigenvalue weighted by molar-refractivity contribution is 5.12. The molecule has 1 aliphatic heterocycles. The van der Waals surface area contributed by atoms with Crippen molar-refractivity contribution in [1.82, 2.24) is 20.2 Å². The first-order chi connectivity index (χ1) is 7.29. The van der Waals surface area contributed by atoms with Crippen LogP contribution in [0.25, 0.3) is 0 Å². The van der Waals surface area contributed by atoms with Crippen LogP contribution < -0.4 is 5.32 Å². The van der Waals surface area contributed by atoms with E-state index in [2.05, 4.69) is 34.0 Å². The van der Waals surface area contributed by atoms with Gasteiger partial charge in [0, 0.05) is 31.9 Å². The number of nitrogens with zero attached hydrogens (tertiary/aromatic N) is 2. The van der Waals surface area contributed by atoms with E-state index in [1.54, 1.807) is 0 Å². The van der Waals surface area contributed by atoms with Gasteiger partial charge in [0.1, 0.15) is 5.82 Å². The third kappa shape index (κ3) is 2.58. The lowest BCUT2D eigenvalue weighted by Crippen LogP contribution is -2.43. The molecule has 0 amide bonds. The maximum absolute atomic E-state index is 4.60. The molecule has 4 heteroatoms. The van der Waals surface area contributed by atoms with Crippen molar-refractivity contribution in [3.63, 3.8) is 0 Å². The maximum atomic E-state index is 4.60. The van der Waals surface area contributed by atoms with Gasteiger partial charge in [-0.25, -0.2) is 4.98 Å². The third-order valence-electron chi connectivity index (χ3n) is 2.95. The highest BCUT2D eigenvalue weighted by Gasteiger charge is 2.12. The fourth-order valence-electron chi connectivity index (χ4n) is 2.06. The topological polar surface area (TPSA) is 44.0 Å². The molecule has 15 heavy (non-hydrogen) atoms. The number of piperazine rings is 1. The van der Waals surface area contributed by atoms with E-state index in [-0.39, 0.29) is 0 Å². The first-order valence-corrected chi connectivity index (χ1v) is 5.77. The number of hydrogen-bond donors (Lipinski definition) is 2. The minimum atomic E-state index is 0.961. The Bertz CT molecular complexity index is 312. The summed E-state index contributed by atoms with van der Waals surface area (Å²) in [6, 6.07) is 0. The monoisotopic (exact) mass is 208 g/mol. The van der Waals surface area contributed by atoms with Crippen LogP contribution in [0.2, 0.25) is 0 Å². The molecule has 0 bridgehead atoms. The molecular formula is C11H20N4. The number of nitrogens with one attached hydrogen (secondary N) is 2. The van der Waals surface area contributed by atoms with Gasteiger partial charge < -0.3 is 10.3 Å². The molecule has 2 N–H and O–H groups in total. The van der Waals surface area contributed by atoms with E-state index in [0.29, 0.717) is 0 Å². The third-order valence-corrected chi connectivity index (χ3v) is 2.95. The molecule has 0 aliphatic carbocycles. The van der Waals surface area contributed by atoms with Crippen molar-refractivity contribution in [3.05, 3.63) is 17.2 Å². The van der Waals surface area contributed by atoms with Crippen LogP contribution in [0.4, 0.5) is 0 Å². The molecule has 0 spiro atoms. The minimum absolute atomic E-state index is 0.961. The van der Waals surface area contributed by atoms with E-state index in [9.17, 15) is 0 Å². The zero-order valence-electron chi connectivity index (χ0n) is 9.64. The number of aromatic nitrogens is 2. The number of imidazole rings is 1. The Morgan fingerprint density at radius 2 is 2.07 bits per heavy atom. The highest BCUT2D eigenvalue weighted by Crippen LogP contribution is 2.08. The molecule has 2 heterocycles. The average molecular weight is 208 g/mol. The highest BCUT2D eigenvalue weighted by atomic mass is 15.2. The predicted octanol–water partition coefficient (Wildman–Crippen LogP) is 0.686. The average Bonchev–Trinajstić information content (AvgIpc) is 2.60. The van der Waals surface area contributed by atoms with E-state index < -0.39 is 0 Å². The Morgan fingerprint density at radius 1 is 1.33 bits per heavy atom. The Hall–Kier alpha value is -0.870. The van der Waals surface area contributed by atoms with Gasteiger partial charge in [0.15, 0.2) is 0 Å². The van der Waals surface area contributed by atoms with E-state index in [0.717, 1.165) is 45.0 Å². The van der Waals surface area contributed by atoms with Gasteiger partial charge in [0.25, 0.3) is 0 Å². The lowest BCUT2D eigenvalue weighted by molar-refractivity contribution is 0.228. The zero-order chi connectivity index (χ0) is 10.7. The summed E-state index contributed by atoms with van der Waals surface area (Å²) in [7, 11) is 0. The molecule has 1 aromatic rings. The summed E-state index contributed by atoms with van der Waals surface area (Å²) in [4.78, 5) is 10.4. The van der Waals surface area contributed by atoms with Crippen LogP contribution in [0.5, 0.6) is 0 Å². The fraction of sp³-hybridized carbons (Fsp3) is 0.727. The number of aromatic amines is 1. The van der Waals surface area contributed by atoms with Gasteiger partial charge in [-0.05, 0) is 13.3 Å². The summed E-state index contributed by atoms with van der Waals surface area (Å²) in [6.07, 6.45) is 1.02. The molecule has 1 aliphatic rings. The van der Waals surface area contributed by atoms with Gasteiger partial charge in [-0.3, -0.25) is 4.90 Å². The lowest BCUT2D eigenvalue weighted by atomic mass is 10.3. The van der Waals surface area contributed by atoms with E-state index in [4.69, 9.17) is 0 Å². The first kappa shape index (κ1) is 10.6. The smallest absolute Gasteiger partial charge is 0.120 e. The Morgan fingerprint density at radius 3 is 2.67 bits per heavy atom. The van der Waals surface area contributed by atoms with Gasteiger partial charge >= 0.3 is 0 Å². The van der Waals surface area contributed by atoms with Crippen LogP contribution in [0.1, 0.15) is 24.1 Å². The van der Waals surface area contributed by atoms with Crippen molar-refractivity contribution < 1.29 is 0 Å². The molecule has 84 valence electrons. The van der Waals surface area contributed by atoms with Crippen LogP contribution in [0, 0.1) is 6.92 Å². The number of rotatable bonds is 3. The molecule has 1 fully saturated rings. The van der Waals surface area contributed by atoms with Crippen molar-refractivity contribution >= 4 is 0 Å². The van der Waals surface area contributed by atoms with Gasteiger partial charge in [-0.2, -0.15) is 0 Å². The Kier molecular flexibility index (Phi) is 3.38. The van der Waals surface area contributed by atoms with Crippen molar-refractivity contribution in [3.8, 4) is 0 Å². The van der Waals surface area contributed by atoms with Gasteiger partial charge in [0.05, 0.1) is 12.2 Å². The fourth-order valence-corrected chi connectivity index (χ4v) is 2.06. The largest absolute Gasteiger partial charge is 0.345 e. The van der Waals surface area contributed by atoms with Crippen LogP contribution in [-0.4, -0.2) is 41.0 Å². The zero-order valence-corrected chi connectivity index (χ0v) is 9.64. The van der Waals surface area contributed by atoms with Crippen molar-refractivity contribution in [2.45, 2.75) is 26.8 Å².